The molecule has 0 bridgehead atoms. The van der Waals surface area contributed by atoms with Gasteiger partial charge in [-0.3, -0.25) is 0 Å². The van der Waals surface area contributed by atoms with Crippen molar-refractivity contribution in [3.8, 4) is 0 Å². The van der Waals surface area contributed by atoms with Gasteiger partial charge in [-0.2, -0.15) is 0 Å². The molecule has 13 heavy (non-hydrogen) atoms. The molecular formula is C9H18Cl2OSi. The van der Waals surface area contributed by atoms with E-state index in [1.165, 1.54) is 0 Å². The van der Waals surface area contributed by atoms with Gasteiger partial charge in [0, 0.05) is 6.61 Å². The Hall–Kier alpha value is 0.497. The molecule has 0 fully saturated rings. The van der Waals surface area contributed by atoms with E-state index in [-0.39, 0.29) is 0 Å². The van der Waals surface area contributed by atoms with Gasteiger partial charge >= 0.3 is 0 Å². The third-order valence-corrected chi connectivity index (χ3v) is 3.87. The summed E-state index contributed by atoms with van der Waals surface area (Å²) in [5, 5.41) is 0. The maximum absolute atomic E-state index is 5.95. The summed E-state index contributed by atoms with van der Waals surface area (Å²) in [6, 6.07) is 0.951. The maximum Gasteiger partial charge on any atom is 0.248 e. The number of ether oxygens (including phenoxy) is 1. The Balaban J connectivity index is 3.13. The average molecular weight is 241 g/mol. The molecule has 0 aromatic rings. The fourth-order valence-electron chi connectivity index (χ4n) is 0.886. The van der Waals surface area contributed by atoms with Crippen LogP contribution in [0.2, 0.25) is 12.6 Å². The first-order chi connectivity index (χ1) is 5.92. The zero-order chi connectivity index (χ0) is 10.3. The highest BCUT2D eigenvalue weighted by molar-refractivity contribution is 7.44. The molecule has 0 saturated heterocycles. The van der Waals surface area contributed by atoms with Crippen molar-refractivity contribution in [3.05, 3.63) is 12.2 Å². The van der Waals surface area contributed by atoms with Crippen LogP contribution >= 0.6 is 22.2 Å². The van der Waals surface area contributed by atoms with E-state index in [0.717, 1.165) is 31.1 Å². The number of halogens is 2. The topological polar surface area (TPSA) is 9.23 Å². The van der Waals surface area contributed by atoms with Crippen LogP contribution in [-0.2, 0) is 4.74 Å². The van der Waals surface area contributed by atoms with Crippen LogP contribution < -0.4 is 0 Å². The lowest BCUT2D eigenvalue weighted by Gasteiger charge is -2.09. The first-order valence-electron chi connectivity index (χ1n) is 4.52. The van der Waals surface area contributed by atoms with Gasteiger partial charge in [-0.1, -0.05) is 18.6 Å². The van der Waals surface area contributed by atoms with Crippen molar-refractivity contribution in [2.24, 2.45) is 0 Å². The van der Waals surface area contributed by atoms with Crippen molar-refractivity contribution in [1.29, 1.82) is 0 Å². The largest absolute Gasteiger partial charge is 0.377 e. The molecular weight excluding hydrogens is 223 g/mol. The van der Waals surface area contributed by atoms with Crippen LogP contribution in [-0.4, -0.2) is 19.9 Å². The molecule has 0 atom stereocenters. The Bertz CT molecular complexity index is 154. The van der Waals surface area contributed by atoms with Gasteiger partial charge in [0.2, 0.25) is 6.69 Å². The number of unbranched alkanes of at least 4 members (excludes halogenated alkanes) is 1. The van der Waals surface area contributed by atoms with E-state index >= 15 is 0 Å². The highest BCUT2D eigenvalue weighted by atomic mass is 35.7. The SMILES string of the molecule is C=C(C)COCCCC[Si](C)(Cl)Cl. The van der Waals surface area contributed by atoms with Gasteiger partial charge in [-0.25, -0.2) is 0 Å². The number of hydrogen-bond acceptors (Lipinski definition) is 1. The normalized spacial score (nSPS) is 11.7. The van der Waals surface area contributed by atoms with Crippen LogP contribution in [0.25, 0.3) is 0 Å². The van der Waals surface area contributed by atoms with E-state index in [4.69, 9.17) is 26.9 Å². The van der Waals surface area contributed by atoms with Gasteiger partial charge in [0.1, 0.15) is 0 Å². The van der Waals surface area contributed by atoms with Gasteiger partial charge in [0.15, 0.2) is 0 Å². The predicted octanol–water partition coefficient (Wildman–Crippen LogP) is 3.91. The molecule has 0 spiro atoms. The van der Waals surface area contributed by atoms with E-state index in [2.05, 4.69) is 6.58 Å². The van der Waals surface area contributed by atoms with E-state index < -0.39 is 6.69 Å². The molecule has 4 heteroatoms. The van der Waals surface area contributed by atoms with Crippen LogP contribution in [0.15, 0.2) is 12.2 Å². The van der Waals surface area contributed by atoms with E-state index in [1.807, 2.05) is 13.5 Å². The van der Waals surface area contributed by atoms with Gasteiger partial charge in [0.05, 0.1) is 6.61 Å². The van der Waals surface area contributed by atoms with Gasteiger partial charge in [0.25, 0.3) is 0 Å². The minimum Gasteiger partial charge on any atom is -0.377 e. The maximum atomic E-state index is 5.95. The zero-order valence-corrected chi connectivity index (χ0v) is 10.9. The molecule has 0 N–H and O–H groups in total. The number of hydrogen-bond donors (Lipinski definition) is 0. The molecule has 0 saturated carbocycles. The first-order valence-corrected chi connectivity index (χ1v) is 9.25. The van der Waals surface area contributed by atoms with Crippen LogP contribution in [0.3, 0.4) is 0 Å². The smallest absolute Gasteiger partial charge is 0.248 e. The van der Waals surface area contributed by atoms with Crippen molar-refractivity contribution >= 4 is 28.9 Å². The summed E-state index contributed by atoms with van der Waals surface area (Å²) in [6.45, 7) is 7.24. The van der Waals surface area contributed by atoms with Crippen molar-refractivity contribution in [2.45, 2.75) is 32.4 Å². The van der Waals surface area contributed by atoms with Crippen LogP contribution in [0, 0.1) is 0 Å². The molecule has 0 heterocycles. The number of rotatable bonds is 7. The van der Waals surface area contributed by atoms with Crippen LogP contribution in [0.5, 0.6) is 0 Å². The van der Waals surface area contributed by atoms with Gasteiger partial charge in [-0.15, -0.1) is 22.2 Å². The standard InChI is InChI=1S/C9H18Cl2OSi/c1-9(2)8-12-6-4-5-7-13(3,10)11/h1,4-8H2,2-3H3. The quantitative estimate of drug-likeness (QED) is 0.284. The van der Waals surface area contributed by atoms with Gasteiger partial charge < -0.3 is 4.74 Å². The van der Waals surface area contributed by atoms with Crippen LogP contribution in [0.1, 0.15) is 19.8 Å². The molecule has 0 radical (unpaired) electrons. The Kier molecular flexibility index (Phi) is 7.14. The molecule has 0 aliphatic heterocycles. The van der Waals surface area contributed by atoms with Crippen molar-refractivity contribution in [3.63, 3.8) is 0 Å². The Morgan fingerprint density at radius 2 is 2.00 bits per heavy atom. The Morgan fingerprint density at radius 1 is 1.38 bits per heavy atom. The monoisotopic (exact) mass is 240 g/mol. The molecule has 1 nitrogen and oxygen atoms in total. The molecule has 0 aromatic heterocycles. The highest BCUT2D eigenvalue weighted by Crippen LogP contribution is 2.22. The van der Waals surface area contributed by atoms with Crippen molar-refractivity contribution < 1.29 is 4.74 Å². The Labute approximate surface area is 91.5 Å². The van der Waals surface area contributed by atoms with Crippen molar-refractivity contribution in [2.75, 3.05) is 13.2 Å². The lowest BCUT2D eigenvalue weighted by atomic mass is 10.3. The summed E-state index contributed by atoms with van der Waals surface area (Å²) in [7, 11) is 0. The second kappa shape index (κ2) is 6.88. The Morgan fingerprint density at radius 3 is 2.46 bits per heavy atom. The molecule has 0 aromatic carbocycles. The summed E-state index contributed by atoms with van der Waals surface area (Å²) in [4.78, 5) is 0. The lowest BCUT2D eigenvalue weighted by molar-refractivity contribution is 0.153. The van der Waals surface area contributed by atoms with Crippen molar-refractivity contribution in [1.82, 2.24) is 0 Å². The molecule has 0 amide bonds. The highest BCUT2D eigenvalue weighted by Gasteiger charge is 2.19. The third-order valence-electron chi connectivity index (χ3n) is 1.50. The summed E-state index contributed by atoms with van der Waals surface area (Å²) >= 11 is 11.9. The third kappa shape index (κ3) is 12.5. The lowest BCUT2D eigenvalue weighted by Crippen LogP contribution is -2.12. The molecule has 0 aliphatic carbocycles. The second-order valence-electron chi connectivity index (χ2n) is 3.54. The predicted molar refractivity (Wildman–Crippen MR) is 63.0 cm³/mol. The molecule has 0 rings (SSSR count). The summed E-state index contributed by atoms with van der Waals surface area (Å²) < 4.78 is 5.34. The summed E-state index contributed by atoms with van der Waals surface area (Å²) in [5.74, 6) is 0. The summed E-state index contributed by atoms with van der Waals surface area (Å²) in [6.07, 6.45) is 2.10. The summed E-state index contributed by atoms with van der Waals surface area (Å²) in [5.41, 5.74) is 1.06. The fraction of sp³-hybridized carbons (Fsp3) is 0.778. The van der Waals surface area contributed by atoms with E-state index in [9.17, 15) is 0 Å². The molecule has 78 valence electrons. The zero-order valence-electron chi connectivity index (χ0n) is 8.41. The molecule has 0 aliphatic rings. The average Bonchev–Trinajstić information content (AvgIpc) is 1.93. The fourth-order valence-corrected chi connectivity index (χ4v) is 2.56. The minimum atomic E-state index is -1.87. The van der Waals surface area contributed by atoms with E-state index in [1.54, 1.807) is 0 Å². The van der Waals surface area contributed by atoms with Gasteiger partial charge in [-0.05, 0) is 25.9 Å². The minimum absolute atomic E-state index is 0.663. The second-order valence-corrected chi connectivity index (χ2v) is 11.8. The molecule has 0 unspecified atom stereocenters. The van der Waals surface area contributed by atoms with E-state index in [0.29, 0.717) is 6.61 Å². The van der Waals surface area contributed by atoms with Crippen LogP contribution in [0.4, 0.5) is 0 Å². The first kappa shape index (κ1) is 13.5.